The third-order valence-corrected chi connectivity index (χ3v) is 0. The summed E-state index contributed by atoms with van der Waals surface area (Å²) in [6.45, 7) is 4.75. The van der Waals surface area contributed by atoms with Crippen LogP contribution in [0.1, 0.15) is 1.43 Å². The molecule has 0 bridgehead atoms. The minimum absolute atomic E-state index is 0. The molecular weight excluding hydrogens is 56.0 g/mol. The molecule has 0 spiro atoms. The summed E-state index contributed by atoms with van der Waals surface area (Å²) in [7, 11) is 0. The van der Waals surface area contributed by atoms with Gasteiger partial charge in [0.15, 0.2) is 0 Å². The van der Waals surface area contributed by atoms with Crippen molar-refractivity contribution in [3.8, 4) is 0 Å². The smallest absolute Gasteiger partial charge is 0.512 e. The number of hydrogen-bond acceptors (Lipinski definition) is 2. The van der Waals surface area contributed by atoms with Crippen molar-refractivity contribution in [2.24, 2.45) is 0 Å². The summed E-state index contributed by atoms with van der Waals surface area (Å²) < 4.78 is 0. The lowest BCUT2D eigenvalue weighted by Gasteiger charge is -1.08. The zero-order valence-electron chi connectivity index (χ0n) is 3.15. The van der Waals surface area contributed by atoms with Crippen LogP contribution in [0, 0.1) is 11.8 Å². The molecule has 0 amide bonds. The van der Waals surface area contributed by atoms with Gasteiger partial charge in [0.05, 0.1) is 0 Å². The van der Waals surface area contributed by atoms with Crippen molar-refractivity contribution in [3.63, 3.8) is 0 Å². The SMILES string of the molecule is N.O.[C-]#N.[H+]. The topological polar surface area (TPSA) is 90.3 Å². The molecular formula is CH6N2O. The first kappa shape index (κ1) is 118. The van der Waals surface area contributed by atoms with Gasteiger partial charge in [-0.3, -0.25) is 0 Å². The third-order valence-electron chi connectivity index (χ3n) is 0. The lowest BCUT2D eigenvalue weighted by Crippen LogP contribution is -0.530. The highest BCUT2D eigenvalue weighted by molar-refractivity contribution is 3.44. The van der Waals surface area contributed by atoms with Gasteiger partial charge in [-0.2, -0.15) is 0 Å². The second kappa shape index (κ2) is 13.8. The minimum Gasteiger partial charge on any atom is -0.512 e. The highest BCUT2D eigenvalue weighted by Gasteiger charge is 0.0775. The Kier molecular flexibility index (Phi) is 405. The normalized spacial score (nSPS) is 0.500. The van der Waals surface area contributed by atoms with E-state index >= 15 is 0 Å². The van der Waals surface area contributed by atoms with Crippen molar-refractivity contribution in [2.45, 2.75) is 0 Å². The molecule has 0 rings (SSSR count). The molecule has 0 aliphatic rings. The summed E-state index contributed by atoms with van der Waals surface area (Å²) in [6, 6.07) is 0. The Morgan fingerprint density at radius 1 is 1.50 bits per heavy atom. The summed E-state index contributed by atoms with van der Waals surface area (Å²) in [4.78, 5) is 0. The Hall–Kier alpha value is -0.590. The molecule has 0 radical (unpaired) electrons. The molecule has 0 aliphatic heterocycles. The predicted molar refractivity (Wildman–Crippen MR) is 14.7 cm³/mol. The maximum Gasteiger partial charge on any atom is 1.00 e. The first-order valence-electron chi connectivity index (χ1n) is 0.224. The molecule has 0 aromatic heterocycles. The van der Waals surface area contributed by atoms with E-state index in [1.165, 1.54) is 0 Å². The average molecular weight is 62.1 g/mol. The standard InChI is InChI=1S/CN.H3N.H2O/c1-2;;/h;1H3;1H2/q-1;;/p+1. The van der Waals surface area contributed by atoms with Crippen LogP contribution in [-0.4, -0.2) is 5.48 Å². The molecule has 0 atom stereocenters. The number of hydrogen-bond donors (Lipinski definition) is 1. The first-order chi connectivity index (χ1) is 1.00. The molecule has 0 saturated carbocycles. The third kappa shape index (κ3) is 0.681. The average Bonchev–Trinajstić information content (AvgIpc) is 1.00. The van der Waals surface area contributed by atoms with Gasteiger partial charge in [-0.1, -0.05) is 0 Å². The van der Waals surface area contributed by atoms with Gasteiger partial charge in [-0.25, -0.2) is 0 Å². The van der Waals surface area contributed by atoms with E-state index in [1.54, 1.807) is 0 Å². The Balaban J connectivity index is -0.00000000167. The van der Waals surface area contributed by atoms with Crippen LogP contribution >= 0.6 is 0 Å². The Morgan fingerprint density at radius 2 is 1.50 bits per heavy atom. The first-order valence-corrected chi connectivity index (χ1v) is 0.224. The van der Waals surface area contributed by atoms with Gasteiger partial charge < -0.3 is 23.5 Å². The Labute approximate surface area is 26.2 Å². The van der Waals surface area contributed by atoms with E-state index in [4.69, 9.17) is 11.8 Å². The number of rotatable bonds is 0. The fourth-order valence-corrected chi connectivity index (χ4v) is 0. The Bertz CT molecular complexity index is 14.4. The van der Waals surface area contributed by atoms with E-state index in [2.05, 4.69) is 0 Å². The van der Waals surface area contributed by atoms with Crippen LogP contribution in [0.5, 0.6) is 0 Å². The molecule has 0 saturated heterocycles. The van der Waals surface area contributed by atoms with Crippen molar-refractivity contribution >= 4 is 0 Å². The molecule has 0 fully saturated rings. The molecule has 0 heterocycles. The van der Waals surface area contributed by atoms with Crippen LogP contribution in [0.3, 0.4) is 0 Å². The summed E-state index contributed by atoms with van der Waals surface area (Å²) in [5.41, 5.74) is 0. The Morgan fingerprint density at radius 3 is 1.50 bits per heavy atom. The van der Waals surface area contributed by atoms with Crippen LogP contribution < -0.4 is 6.15 Å². The minimum atomic E-state index is 0. The van der Waals surface area contributed by atoms with E-state index in [1.807, 2.05) is 0 Å². The highest BCUT2D eigenvalue weighted by Crippen LogP contribution is 0.626. The summed E-state index contributed by atoms with van der Waals surface area (Å²) >= 11 is 0. The van der Waals surface area contributed by atoms with Crippen molar-refractivity contribution in [1.82, 2.24) is 6.15 Å². The van der Waals surface area contributed by atoms with E-state index in [0.717, 1.165) is 0 Å². The molecule has 5 N–H and O–H groups in total. The monoisotopic (exact) mass is 62.0 g/mol. The van der Waals surface area contributed by atoms with E-state index in [0.29, 0.717) is 0 Å². The van der Waals surface area contributed by atoms with E-state index in [-0.39, 0.29) is 13.1 Å². The zero-order valence-corrected chi connectivity index (χ0v) is 2.15. The van der Waals surface area contributed by atoms with Gasteiger partial charge in [0.25, 0.3) is 0 Å². The van der Waals surface area contributed by atoms with Gasteiger partial charge in [-0.15, -0.1) is 0 Å². The van der Waals surface area contributed by atoms with Gasteiger partial charge in [0.2, 0.25) is 0 Å². The van der Waals surface area contributed by atoms with Crippen LogP contribution in [0.4, 0.5) is 0 Å². The largest absolute Gasteiger partial charge is 1.00 e. The van der Waals surface area contributed by atoms with Gasteiger partial charge >= 0.3 is 1.43 Å². The zero-order chi connectivity index (χ0) is 2.00. The van der Waals surface area contributed by atoms with Gasteiger partial charge in [0, 0.05) is 0 Å². The molecule has 3 heteroatoms. The lowest BCUT2D eigenvalue weighted by molar-refractivity contribution is 0.824. The summed E-state index contributed by atoms with van der Waals surface area (Å²) in [5.74, 6) is 0. The molecule has 0 aromatic rings. The number of nitrogens with zero attached hydrogens (tertiary/aromatic N) is 1. The van der Waals surface area contributed by atoms with Gasteiger partial charge in [0.1, 0.15) is 0 Å². The second-order valence-electron chi connectivity index (χ2n) is 0. The van der Waals surface area contributed by atoms with Crippen LogP contribution in [0.2, 0.25) is 0 Å². The molecule has 0 aliphatic carbocycles. The quantitative estimate of drug-likeness (QED) is 0.385. The van der Waals surface area contributed by atoms with E-state index < -0.39 is 0 Å². The second-order valence-corrected chi connectivity index (χ2v) is 0. The predicted octanol–water partition coefficient (Wildman–Crippen LogP) is -0.454. The molecule has 26 valence electrons. The van der Waals surface area contributed by atoms with Crippen LogP contribution in [0.15, 0.2) is 0 Å². The van der Waals surface area contributed by atoms with Crippen molar-refractivity contribution in [2.75, 3.05) is 0 Å². The van der Waals surface area contributed by atoms with Crippen molar-refractivity contribution in [3.05, 3.63) is 6.57 Å². The molecule has 0 aromatic carbocycles. The fraction of sp³-hybridized carbons (Fsp3) is 0. The van der Waals surface area contributed by atoms with E-state index in [9.17, 15) is 0 Å². The van der Waals surface area contributed by atoms with Gasteiger partial charge in [-0.05, 0) is 0 Å². The van der Waals surface area contributed by atoms with Crippen molar-refractivity contribution in [1.29, 1.82) is 5.26 Å². The molecule has 3 nitrogen and oxygen atoms in total. The lowest BCUT2D eigenvalue weighted by atomic mass is 11.9. The maximum absolute atomic E-state index is 6.25. The molecule has 0 unspecified atom stereocenters. The maximum atomic E-state index is 6.25. The van der Waals surface area contributed by atoms with Crippen molar-refractivity contribution < 1.29 is 6.90 Å². The summed E-state index contributed by atoms with van der Waals surface area (Å²) in [6.07, 6.45) is 0. The highest BCUT2D eigenvalue weighted by atomic mass is 16.0. The summed E-state index contributed by atoms with van der Waals surface area (Å²) in [5, 5.41) is 6.25. The van der Waals surface area contributed by atoms with Crippen LogP contribution in [0.25, 0.3) is 0 Å². The fourth-order valence-electron chi connectivity index (χ4n) is 0. The molecule has 4 heavy (non-hydrogen) atoms. The van der Waals surface area contributed by atoms with Crippen LogP contribution in [-0.2, 0) is 0 Å².